The van der Waals surface area contributed by atoms with Crippen LogP contribution in [0.4, 0.5) is 5.82 Å². The van der Waals surface area contributed by atoms with E-state index in [0.717, 1.165) is 34.9 Å². The van der Waals surface area contributed by atoms with Gasteiger partial charge in [-0.15, -0.1) is 0 Å². The molecule has 0 aliphatic heterocycles. The van der Waals surface area contributed by atoms with Gasteiger partial charge < -0.3 is 5.32 Å². The smallest absolute Gasteiger partial charge is 0.152 e. The molecule has 1 aliphatic carbocycles. The van der Waals surface area contributed by atoms with E-state index in [1.165, 1.54) is 27.8 Å². The number of benzene rings is 2. The third kappa shape index (κ3) is 2.49. The Morgan fingerprint density at radius 2 is 2.12 bits per heavy atom. The number of anilines is 1. The van der Waals surface area contributed by atoms with Crippen molar-refractivity contribution in [2.75, 3.05) is 5.32 Å². The van der Waals surface area contributed by atoms with Crippen LogP contribution in [0.15, 0.2) is 36.4 Å². The number of hydrogen-bond acceptors (Lipinski definition) is 2. The summed E-state index contributed by atoms with van der Waals surface area (Å²) in [5.74, 6) is 0.929. The van der Waals surface area contributed by atoms with Crippen molar-refractivity contribution in [3.63, 3.8) is 0 Å². The lowest BCUT2D eigenvalue weighted by atomic mass is 10.0. The van der Waals surface area contributed by atoms with Crippen LogP contribution >= 0.6 is 11.6 Å². The number of aromatic amines is 1. The van der Waals surface area contributed by atoms with Crippen molar-refractivity contribution in [2.45, 2.75) is 33.2 Å². The van der Waals surface area contributed by atoms with Gasteiger partial charge in [-0.05, 0) is 47.7 Å². The van der Waals surface area contributed by atoms with E-state index in [0.29, 0.717) is 6.54 Å². The zero-order valence-electron chi connectivity index (χ0n) is 13.9. The maximum Gasteiger partial charge on any atom is 0.152 e. The lowest BCUT2D eigenvalue weighted by Crippen LogP contribution is -2.04. The number of rotatable bonds is 4. The van der Waals surface area contributed by atoms with Gasteiger partial charge in [0, 0.05) is 29.1 Å². The molecule has 1 aromatic heterocycles. The second kappa shape index (κ2) is 5.99. The van der Waals surface area contributed by atoms with Crippen molar-refractivity contribution in [3.8, 4) is 11.3 Å². The molecule has 2 aromatic carbocycles. The van der Waals surface area contributed by atoms with Crippen LogP contribution in [-0.2, 0) is 19.4 Å². The highest BCUT2D eigenvalue weighted by molar-refractivity contribution is 6.31. The third-order valence-corrected chi connectivity index (χ3v) is 5.23. The normalized spacial score (nSPS) is 12.1. The summed E-state index contributed by atoms with van der Waals surface area (Å²) < 4.78 is 0. The molecule has 0 bridgehead atoms. The van der Waals surface area contributed by atoms with Crippen molar-refractivity contribution in [1.82, 2.24) is 10.2 Å². The first-order chi connectivity index (χ1) is 11.7. The van der Waals surface area contributed by atoms with E-state index in [4.69, 9.17) is 11.6 Å². The Balaban J connectivity index is 1.61. The minimum Gasteiger partial charge on any atom is -0.364 e. The standard InChI is InChI=1S/C20H20ClN3/c1-3-13-7-8-14-10-16-19(15(14)9-13)23-24-20(16)22-11-17-12(2)5-4-6-18(17)21/h4-9H,3,10-11H2,1-2H3,(H2,22,23,24). The second-order valence-corrected chi connectivity index (χ2v) is 6.74. The second-order valence-electron chi connectivity index (χ2n) is 6.34. The van der Waals surface area contributed by atoms with Crippen LogP contribution < -0.4 is 5.32 Å². The number of fused-ring (bicyclic) bond motifs is 3. The lowest BCUT2D eigenvalue weighted by Gasteiger charge is -2.10. The Kier molecular flexibility index (Phi) is 3.81. The zero-order valence-corrected chi connectivity index (χ0v) is 14.7. The Bertz CT molecular complexity index is 891. The lowest BCUT2D eigenvalue weighted by molar-refractivity contribution is 1.03. The summed E-state index contributed by atoms with van der Waals surface area (Å²) in [4.78, 5) is 0. The molecule has 0 fully saturated rings. The highest BCUT2D eigenvalue weighted by Gasteiger charge is 2.24. The maximum absolute atomic E-state index is 6.33. The van der Waals surface area contributed by atoms with E-state index in [2.05, 4.69) is 53.6 Å². The van der Waals surface area contributed by atoms with E-state index in [1.54, 1.807) is 0 Å². The maximum atomic E-state index is 6.33. The van der Waals surface area contributed by atoms with Crippen molar-refractivity contribution in [3.05, 3.63) is 69.2 Å². The van der Waals surface area contributed by atoms with E-state index in [9.17, 15) is 0 Å². The molecule has 122 valence electrons. The number of nitrogens with zero attached hydrogens (tertiary/aromatic N) is 1. The Labute approximate surface area is 147 Å². The molecule has 4 heteroatoms. The first-order valence-electron chi connectivity index (χ1n) is 8.34. The topological polar surface area (TPSA) is 40.7 Å². The van der Waals surface area contributed by atoms with Crippen molar-refractivity contribution in [1.29, 1.82) is 0 Å². The summed E-state index contributed by atoms with van der Waals surface area (Å²) in [5, 5.41) is 12.0. The Morgan fingerprint density at radius 1 is 1.25 bits per heavy atom. The average Bonchev–Trinajstić information content (AvgIpc) is 3.13. The molecular weight excluding hydrogens is 318 g/mol. The van der Waals surface area contributed by atoms with Gasteiger partial charge in [0.2, 0.25) is 0 Å². The monoisotopic (exact) mass is 337 g/mol. The van der Waals surface area contributed by atoms with Gasteiger partial charge >= 0.3 is 0 Å². The van der Waals surface area contributed by atoms with Gasteiger partial charge in [-0.3, -0.25) is 5.10 Å². The molecule has 1 heterocycles. The Hall–Kier alpha value is -2.26. The quantitative estimate of drug-likeness (QED) is 0.542. The highest BCUT2D eigenvalue weighted by atomic mass is 35.5. The van der Waals surface area contributed by atoms with Gasteiger partial charge in [0.25, 0.3) is 0 Å². The SMILES string of the molecule is CCc1ccc2c(c1)-c1[nH]nc(NCc3c(C)cccc3Cl)c1C2. The summed E-state index contributed by atoms with van der Waals surface area (Å²) in [6.07, 6.45) is 1.97. The molecule has 2 N–H and O–H groups in total. The van der Waals surface area contributed by atoms with Crippen LogP contribution in [0.25, 0.3) is 11.3 Å². The summed E-state index contributed by atoms with van der Waals surface area (Å²) in [7, 11) is 0. The summed E-state index contributed by atoms with van der Waals surface area (Å²) in [6, 6.07) is 12.7. The summed E-state index contributed by atoms with van der Waals surface area (Å²) >= 11 is 6.33. The zero-order chi connectivity index (χ0) is 16.7. The van der Waals surface area contributed by atoms with Gasteiger partial charge in [0.15, 0.2) is 5.82 Å². The van der Waals surface area contributed by atoms with Crippen molar-refractivity contribution in [2.24, 2.45) is 0 Å². The van der Waals surface area contributed by atoms with Crippen LogP contribution in [-0.4, -0.2) is 10.2 Å². The van der Waals surface area contributed by atoms with Gasteiger partial charge in [0.05, 0.1) is 5.69 Å². The molecule has 4 rings (SSSR count). The predicted octanol–water partition coefficient (Wildman–Crippen LogP) is 5.12. The predicted molar refractivity (Wildman–Crippen MR) is 99.7 cm³/mol. The van der Waals surface area contributed by atoms with Crippen LogP contribution in [0.3, 0.4) is 0 Å². The molecule has 0 spiro atoms. The largest absolute Gasteiger partial charge is 0.364 e. The van der Waals surface area contributed by atoms with E-state index in [-0.39, 0.29) is 0 Å². The van der Waals surface area contributed by atoms with Crippen molar-refractivity contribution < 1.29 is 0 Å². The number of hydrogen-bond donors (Lipinski definition) is 2. The fourth-order valence-electron chi connectivity index (χ4n) is 3.39. The minimum atomic E-state index is 0.680. The fraction of sp³-hybridized carbons (Fsp3) is 0.250. The molecule has 1 aliphatic rings. The molecule has 3 nitrogen and oxygen atoms in total. The van der Waals surface area contributed by atoms with E-state index in [1.807, 2.05) is 12.1 Å². The first kappa shape index (κ1) is 15.3. The van der Waals surface area contributed by atoms with E-state index < -0.39 is 0 Å². The molecule has 0 atom stereocenters. The van der Waals surface area contributed by atoms with Crippen molar-refractivity contribution >= 4 is 17.4 Å². The number of aromatic nitrogens is 2. The molecule has 24 heavy (non-hydrogen) atoms. The first-order valence-corrected chi connectivity index (χ1v) is 8.72. The molecule has 0 saturated heterocycles. The van der Waals surface area contributed by atoms with E-state index >= 15 is 0 Å². The van der Waals surface area contributed by atoms with Crippen LogP contribution in [0, 0.1) is 6.92 Å². The fourth-order valence-corrected chi connectivity index (χ4v) is 3.68. The molecule has 0 saturated carbocycles. The van der Waals surface area contributed by atoms with Gasteiger partial charge in [-0.1, -0.05) is 42.8 Å². The molecule has 0 radical (unpaired) electrons. The molecule has 0 unspecified atom stereocenters. The number of halogens is 1. The van der Waals surface area contributed by atoms with Crippen LogP contribution in [0.5, 0.6) is 0 Å². The summed E-state index contributed by atoms with van der Waals surface area (Å²) in [6.45, 7) is 4.95. The molecular formula is C20H20ClN3. The molecule has 3 aromatic rings. The minimum absolute atomic E-state index is 0.680. The number of aryl methyl sites for hydroxylation is 2. The number of H-pyrrole nitrogens is 1. The third-order valence-electron chi connectivity index (χ3n) is 4.87. The summed E-state index contributed by atoms with van der Waals surface area (Å²) in [5.41, 5.74) is 8.74. The van der Waals surface area contributed by atoms with Gasteiger partial charge in [-0.25, -0.2) is 0 Å². The Morgan fingerprint density at radius 3 is 2.92 bits per heavy atom. The average molecular weight is 338 g/mol. The molecule has 0 amide bonds. The van der Waals surface area contributed by atoms with Gasteiger partial charge in [0.1, 0.15) is 0 Å². The van der Waals surface area contributed by atoms with Crippen LogP contribution in [0.1, 0.15) is 34.7 Å². The van der Waals surface area contributed by atoms with Crippen LogP contribution in [0.2, 0.25) is 5.02 Å². The highest BCUT2D eigenvalue weighted by Crippen LogP contribution is 2.39. The number of nitrogens with one attached hydrogen (secondary N) is 2. The van der Waals surface area contributed by atoms with Gasteiger partial charge in [-0.2, -0.15) is 5.10 Å².